The molecular weight excluding hydrogens is 703 g/mol. The molecule has 9 nitrogen and oxygen atoms in total. The molecule has 12 heteroatoms. The van der Waals surface area contributed by atoms with E-state index in [4.69, 9.17) is 10.8 Å². The Morgan fingerprint density at radius 2 is 0.922 bits per heavy atom. The number of hydrogen-bond donors (Lipinski definition) is 5. The molecule has 0 atom stereocenters. The van der Waals surface area contributed by atoms with Gasteiger partial charge in [-0.1, -0.05) is 102 Å². The number of benzene rings is 3. The van der Waals surface area contributed by atoms with Gasteiger partial charge in [0, 0.05) is 31.9 Å². The molecule has 0 aliphatic heterocycles. The van der Waals surface area contributed by atoms with Crippen molar-refractivity contribution in [2.45, 2.75) is 129 Å². The van der Waals surface area contributed by atoms with E-state index in [0.717, 1.165) is 33.7 Å². The van der Waals surface area contributed by atoms with Crippen LogP contribution in [0.4, 0.5) is 0 Å². The van der Waals surface area contributed by atoms with Crippen LogP contribution in [0.3, 0.4) is 0 Å². The minimum absolute atomic E-state index is 0.0796. The van der Waals surface area contributed by atoms with Gasteiger partial charge >= 0.3 is 5.97 Å². The van der Waals surface area contributed by atoms with Crippen LogP contribution in [0.5, 0.6) is 0 Å². The van der Waals surface area contributed by atoms with E-state index in [0.29, 0.717) is 20.7 Å². The maximum absolute atomic E-state index is 11.0. The average Bonchev–Trinajstić information content (AvgIpc) is 3.13. The molecule has 51 heavy (non-hydrogen) atoms. The Morgan fingerprint density at radius 3 is 1.18 bits per heavy atom. The number of hydrogen-bond acceptors (Lipinski definition) is 9. The first-order chi connectivity index (χ1) is 24.5. The Balaban J connectivity index is 0.000000242. The molecule has 3 fully saturated rings. The van der Waals surface area contributed by atoms with Crippen LogP contribution >= 0.6 is 34.2 Å². The molecule has 0 amide bonds. The molecule has 3 saturated carbocycles. The summed E-state index contributed by atoms with van der Waals surface area (Å²) in [4.78, 5) is 33.8. The highest BCUT2D eigenvalue weighted by molar-refractivity contribution is 8.76. The molecule has 3 aromatic carbocycles. The second-order valence-electron chi connectivity index (χ2n) is 13.0. The summed E-state index contributed by atoms with van der Waals surface area (Å²) in [5.41, 5.74) is 14.0. The summed E-state index contributed by atoms with van der Waals surface area (Å²) in [6.07, 6.45) is 20.8. The predicted molar refractivity (Wildman–Crippen MR) is 204 cm³/mol. The molecule has 0 radical (unpaired) electrons. The van der Waals surface area contributed by atoms with Crippen LogP contribution in [-0.2, 0) is 0 Å². The lowest BCUT2D eigenvalue weighted by molar-refractivity contribution is -0.425. The highest BCUT2D eigenvalue weighted by Crippen LogP contribution is 2.40. The topological polar surface area (TPSA) is 199 Å². The van der Waals surface area contributed by atoms with Gasteiger partial charge in [0.25, 0.3) is 0 Å². The van der Waals surface area contributed by atoms with Crippen LogP contribution in [0.2, 0.25) is 0 Å². The quantitative estimate of drug-likeness (QED) is 0.164. The minimum atomic E-state index is -1.26. The number of nitrogens with two attached hydrogens (primary N) is 1. The number of carbonyl (C=O) groups excluding carboxylic acids is 2. The maximum atomic E-state index is 11.0. The highest BCUT2D eigenvalue weighted by Gasteiger charge is 2.11. The van der Waals surface area contributed by atoms with Crippen molar-refractivity contribution in [3.05, 3.63) is 89.5 Å². The lowest BCUT2D eigenvalue weighted by Crippen LogP contribution is -2.61. The lowest BCUT2D eigenvalue weighted by Gasteiger charge is -2.15. The van der Waals surface area contributed by atoms with Crippen LogP contribution in [0.25, 0.3) is 0 Å². The molecule has 0 spiro atoms. The molecule has 0 aromatic heterocycles. The minimum Gasteiger partial charge on any atom is -0.545 e. The molecule has 0 bridgehead atoms. The standard InChI is InChI=1S/C14H10O4S2.C7H6O2S.3C6H13N/c15-13(16)9-5-1-3-7-11(9)19-20-12-8-4-2-6-10(12)14(17)18;8-7(9)5-3-1-2-4-6(5)10;3*7-6-4-2-1-3-5-6/h1-8H,(H,15,16)(H,17,18);1-4,10H,(H,8,9);3*6H,1-5,7H2. The predicted octanol–water partition coefficient (Wildman–Crippen LogP) is 5.29. The fraction of sp³-hybridized carbons (Fsp3) is 0.462. The molecule has 9 N–H and O–H groups in total. The van der Waals surface area contributed by atoms with E-state index >= 15 is 0 Å². The van der Waals surface area contributed by atoms with E-state index in [9.17, 15) is 24.6 Å². The normalized spacial score (nSPS) is 16.2. The Labute approximate surface area is 316 Å². The van der Waals surface area contributed by atoms with Crippen molar-refractivity contribution < 1.29 is 41.2 Å². The van der Waals surface area contributed by atoms with Crippen molar-refractivity contribution in [1.29, 1.82) is 0 Å². The number of carboxylic acid groups (broad SMARTS) is 3. The zero-order valence-electron chi connectivity index (χ0n) is 29.5. The van der Waals surface area contributed by atoms with Gasteiger partial charge in [-0.2, -0.15) is 0 Å². The summed E-state index contributed by atoms with van der Waals surface area (Å²) in [7, 11) is 2.33. The van der Waals surface area contributed by atoms with Gasteiger partial charge in [0.05, 0.1) is 29.6 Å². The van der Waals surface area contributed by atoms with Gasteiger partial charge in [-0.15, -0.1) is 12.6 Å². The summed E-state index contributed by atoms with van der Waals surface area (Å²) in [5.74, 6) is -3.46. The number of quaternary nitrogens is 2. The van der Waals surface area contributed by atoms with Gasteiger partial charge in [0.1, 0.15) is 0 Å². The lowest BCUT2D eigenvalue weighted by atomic mass is 9.97. The van der Waals surface area contributed by atoms with E-state index in [1.807, 2.05) is 0 Å². The third-order valence-electron chi connectivity index (χ3n) is 8.67. The average molecular weight is 758 g/mol. The van der Waals surface area contributed by atoms with Gasteiger partial charge in [-0.05, 0) is 88.5 Å². The van der Waals surface area contributed by atoms with E-state index in [1.54, 1.807) is 54.6 Å². The molecule has 0 saturated heterocycles. The second-order valence-corrected chi connectivity index (χ2v) is 15.7. The van der Waals surface area contributed by atoms with Crippen molar-refractivity contribution in [3.8, 4) is 0 Å². The zero-order valence-corrected chi connectivity index (χ0v) is 32.0. The molecule has 6 rings (SSSR count). The van der Waals surface area contributed by atoms with Crippen molar-refractivity contribution in [2.24, 2.45) is 5.73 Å². The molecule has 0 unspecified atom stereocenters. The van der Waals surface area contributed by atoms with E-state index in [2.05, 4.69) is 24.1 Å². The fourth-order valence-electron chi connectivity index (χ4n) is 5.67. The molecule has 0 heterocycles. The molecule has 3 aliphatic rings. The van der Waals surface area contributed by atoms with Crippen LogP contribution in [0.1, 0.15) is 127 Å². The van der Waals surface area contributed by atoms with Crippen LogP contribution < -0.4 is 27.4 Å². The molecule has 280 valence electrons. The van der Waals surface area contributed by atoms with Gasteiger partial charge in [-0.3, -0.25) is 0 Å². The van der Waals surface area contributed by atoms with Crippen molar-refractivity contribution >= 4 is 52.1 Å². The van der Waals surface area contributed by atoms with Gasteiger partial charge < -0.3 is 42.1 Å². The first-order valence-electron chi connectivity index (χ1n) is 17.9. The van der Waals surface area contributed by atoms with E-state index in [1.165, 1.54) is 115 Å². The summed E-state index contributed by atoms with van der Waals surface area (Å²) in [5, 5.41) is 30.5. The largest absolute Gasteiger partial charge is 0.545 e. The van der Waals surface area contributed by atoms with Gasteiger partial charge in [0.15, 0.2) is 0 Å². The number of carbonyl (C=O) groups is 3. The third-order valence-corrected chi connectivity index (χ3v) is 11.5. The Hall–Kier alpha value is -3.00. The van der Waals surface area contributed by atoms with Gasteiger partial charge in [-0.25, -0.2) is 4.79 Å². The van der Waals surface area contributed by atoms with Crippen LogP contribution in [-0.4, -0.2) is 41.1 Å². The van der Waals surface area contributed by atoms with Crippen LogP contribution in [0, 0.1) is 0 Å². The fourth-order valence-corrected chi connectivity index (χ4v) is 8.27. The Kier molecular flexibility index (Phi) is 22.4. The van der Waals surface area contributed by atoms with Gasteiger partial charge in [0.2, 0.25) is 0 Å². The van der Waals surface area contributed by atoms with E-state index in [-0.39, 0.29) is 16.7 Å². The number of rotatable bonds is 6. The zero-order chi connectivity index (χ0) is 37.4. The van der Waals surface area contributed by atoms with Crippen molar-refractivity contribution in [2.75, 3.05) is 0 Å². The Bertz CT molecular complexity index is 1360. The maximum Gasteiger partial charge on any atom is 0.336 e. The first-order valence-corrected chi connectivity index (χ1v) is 20.5. The summed E-state index contributed by atoms with van der Waals surface area (Å²) in [6.45, 7) is 0. The molecule has 3 aromatic rings. The second kappa shape index (κ2) is 25.9. The summed E-state index contributed by atoms with van der Waals surface area (Å²) >= 11 is 3.96. The monoisotopic (exact) mass is 757 g/mol. The van der Waals surface area contributed by atoms with E-state index < -0.39 is 17.9 Å². The highest BCUT2D eigenvalue weighted by atomic mass is 33.1. The molecular formula is C39H55N3O6S3. The SMILES string of the molecule is NC1CCCCC1.O=C(O)c1ccccc1S.O=C([O-])c1ccccc1SSc1ccccc1C(=O)[O-].[NH3+]C1CCCCC1.[NH3+]C1CCCCC1. The summed E-state index contributed by atoms with van der Waals surface area (Å²) in [6, 6.07) is 21.5. The third kappa shape index (κ3) is 18.9. The van der Waals surface area contributed by atoms with Crippen molar-refractivity contribution in [1.82, 2.24) is 0 Å². The number of thiol groups is 1. The number of aromatic carboxylic acids is 3. The smallest absolute Gasteiger partial charge is 0.336 e. The number of carboxylic acids is 3. The van der Waals surface area contributed by atoms with Crippen LogP contribution in [0.15, 0.2) is 87.5 Å². The first kappa shape index (κ1) is 44.2. The summed E-state index contributed by atoms with van der Waals surface area (Å²) < 4.78 is 0. The van der Waals surface area contributed by atoms with Crippen molar-refractivity contribution in [3.63, 3.8) is 0 Å². The molecule has 3 aliphatic carbocycles. The Morgan fingerprint density at radius 1 is 0.588 bits per heavy atom.